The summed E-state index contributed by atoms with van der Waals surface area (Å²) in [5.41, 5.74) is 2.45. The van der Waals surface area contributed by atoms with E-state index in [4.69, 9.17) is 0 Å². The molecule has 0 fully saturated rings. The smallest absolute Gasteiger partial charge is 0.135 e. The highest BCUT2D eigenvalue weighted by Gasteiger charge is 2.11. The average Bonchev–Trinajstić information content (AvgIpc) is 2.15. The molecule has 0 spiro atoms. The van der Waals surface area contributed by atoms with Crippen molar-refractivity contribution < 1.29 is 8.78 Å². The predicted octanol–water partition coefficient (Wildman–Crippen LogP) is 3.64. The van der Waals surface area contributed by atoms with Gasteiger partial charge in [0.25, 0.3) is 0 Å². The molecule has 0 aliphatic rings. The van der Waals surface area contributed by atoms with Crippen LogP contribution in [-0.2, 0) is 0 Å². The van der Waals surface area contributed by atoms with Gasteiger partial charge < -0.3 is 0 Å². The fourth-order valence-corrected chi connectivity index (χ4v) is 1.70. The number of pyridine rings is 1. The standard InChI is InChI=1S/C13H11F2N/c1-8-3-4-16-12(5-8)13-9(2)6-10(14)7-11(13)15/h3-7H,1-2H3. The molecule has 82 valence electrons. The van der Waals surface area contributed by atoms with Crippen LogP contribution in [0.5, 0.6) is 0 Å². The quantitative estimate of drug-likeness (QED) is 0.713. The third-order valence-electron chi connectivity index (χ3n) is 2.42. The normalized spacial score (nSPS) is 10.5. The van der Waals surface area contributed by atoms with E-state index in [1.54, 1.807) is 19.2 Å². The molecule has 2 rings (SSSR count). The molecular formula is C13H11F2N. The molecule has 0 amide bonds. The highest BCUT2D eigenvalue weighted by Crippen LogP contribution is 2.26. The van der Waals surface area contributed by atoms with E-state index in [1.165, 1.54) is 6.07 Å². The van der Waals surface area contributed by atoms with Gasteiger partial charge in [0.05, 0.1) is 5.69 Å². The van der Waals surface area contributed by atoms with Crippen molar-refractivity contribution in [3.05, 3.63) is 53.2 Å². The summed E-state index contributed by atoms with van der Waals surface area (Å²) in [6.45, 7) is 3.58. The van der Waals surface area contributed by atoms with Crippen LogP contribution in [0.2, 0.25) is 0 Å². The van der Waals surface area contributed by atoms with Gasteiger partial charge >= 0.3 is 0 Å². The SMILES string of the molecule is Cc1ccnc(-c2c(C)cc(F)cc2F)c1. The van der Waals surface area contributed by atoms with Gasteiger partial charge in [-0.15, -0.1) is 0 Å². The van der Waals surface area contributed by atoms with Crippen LogP contribution in [0.1, 0.15) is 11.1 Å². The average molecular weight is 219 g/mol. The van der Waals surface area contributed by atoms with Crippen molar-refractivity contribution in [2.24, 2.45) is 0 Å². The second-order valence-corrected chi connectivity index (χ2v) is 3.80. The van der Waals surface area contributed by atoms with E-state index in [1.807, 2.05) is 13.0 Å². The van der Waals surface area contributed by atoms with E-state index >= 15 is 0 Å². The number of aromatic nitrogens is 1. The lowest BCUT2D eigenvalue weighted by Gasteiger charge is -2.07. The van der Waals surface area contributed by atoms with Gasteiger partial charge in [-0.1, -0.05) is 0 Å². The zero-order valence-electron chi connectivity index (χ0n) is 9.09. The number of rotatable bonds is 1. The Morgan fingerprint density at radius 1 is 1.06 bits per heavy atom. The third kappa shape index (κ3) is 1.94. The zero-order valence-corrected chi connectivity index (χ0v) is 9.09. The number of hydrogen-bond donors (Lipinski definition) is 0. The molecule has 1 aromatic carbocycles. The second-order valence-electron chi connectivity index (χ2n) is 3.80. The van der Waals surface area contributed by atoms with Gasteiger partial charge in [0.2, 0.25) is 0 Å². The summed E-state index contributed by atoms with van der Waals surface area (Å²) < 4.78 is 26.6. The van der Waals surface area contributed by atoms with Gasteiger partial charge in [-0.3, -0.25) is 4.98 Å². The highest BCUT2D eigenvalue weighted by molar-refractivity contribution is 5.64. The minimum Gasteiger partial charge on any atom is -0.256 e. The van der Waals surface area contributed by atoms with Crippen LogP contribution in [0, 0.1) is 25.5 Å². The minimum absolute atomic E-state index is 0.366. The van der Waals surface area contributed by atoms with E-state index in [9.17, 15) is 8.78 Å². The van der Waals surface area contributed by atoms with Crippen molar-refractivity contribution in [2.75, 3.05) is 0 Å². The Morgan fingerprint density at radius 2 is 1.81 bits per heavy atom. The molecule has 1 nitrogen and oxygen atoms in total. The molecule has 0 saturated heterocycles. The summed E-state index contributed by atoms with van der Waals surface area (Å²) >= 11 is 0. The van der Waals surface area contributed by atoms with Crippen LogP contribution in [0.15, 0.2) is 30.5 Å². The fourth-order valence-electron chi connectivity index (χ4n) is 1.70. The number of hydrogen-bond acceptors (Lipinski definition) is 1. The Morgan fingerprint density at radius 3 is 2.44 bits per heavy atom. The summed E-state index contributed by atoms with van der Waals surface area (Å²) in [6, 6.07) is 5.80. The molecule has 0 atom stereocenters. The number of halogens is 2. The van der Waals surface area contributed by atoms with E-state index < -0.39 is 11.6 Å². The zero-order chi connectivity index (χ0) is 11.7. The van der Waals surface area contributed by atoms with Crippen molar-refractivity contribution in [3.8, 4) is 11.3 Å². The Labute approximate surface area is 92.8 Å². The maximum atomic E-state index is 13.6. The Kier molecular flexibility index (Phi) is 2.69. The maximum absolute atomic E-state index is 13.6. The number of benzene rings is 1. The molecule has 0 aliphatic carbocycles. The molecule has 3 heteroatoms. The van der Waals surface area contributed by atoms with Crippen molar-refractivity contribution >= 4 is 0 Å². The largest absolute Gasteiger partial charge is 0.256 e. The molecule has 1 heterocycles. The first-order valence-corrected chi connectivity index (χ1v) is 4.96. The molecular weight excluding hydrogens is 208 g/mol. The minimum atomic E-state index is -0.574. The van der Waals surface area contributed by atoms with E-state index in [-0.39, 0.29) is 0 Å². The lowest BCUT2D eigenvalue weighted by Crippen LogP contribution is -1.94. The summed E-state index contributed by atoms with van der Waals surface area (Å²) in [6.07, 6.45) is 1.62. The van der Waals surface area contributed by atoms with Gasteiger partial charge in [-0.2, -0.15) is 0 Å². The van der Waals surface area contributed by atoms with Gasteiger partial charge in [0.1, 0.15) is 11.6 Å². The second kappa shape index (κ2) is 4.00. The van der Waals surface area contributed by atoms with Crippen LogP contribution in [0.4, 0.5) is 8.78 Å². The summed E-state index contributed by atoms with van der Waals surface area (Å²) in [4.78, 5) is 4.10. The Bertz CT molecular complexity index is 512. The van der Waals surface area contributed by atoms with Crippen molar-refractivity contribution in [3.63, 3.8) is 0 Å². The van der Waals surface area contributed by atoms with Crippen LogP contribution in [0.3, 0.4) is 0 Å². The topological polar surface area (TPSA) is 12.9 Å². The molecule has 0 bridgehead atoms. The molecule has 1 aromatic heterocycles. The molecule has 0 radical (unpaired) electrons. The van der Waals surface area contributed by atoms with Crippen molar-refractivity contribution in [1.29, 1.82) is 0 Å². The molecule has 0 saturated carbocycles. The lowest BCUT2D eigenvalue weighted by atomic mass is 10.0. The van der Waals surface area contributed by atoms with Crippen LogP contribution >= 0.6 is 0 Å². The first-order chi connectivity index (χ1) is 7.58. The van der Waals surface area contributed by atoms with E-state index in [2.05, 4.69) is 4.98 Å². The van der Waals surface area contributed by atoms with Crippen molar-refractivity contribution in [2.45, 2.75) is 13.8 Å². The van der Waals surface area contributed by atoms with Crippen molar-refractivity contribution in [1.82, 2.24) is 4.98 Å². The summed E-state index contributed by atoms with van der Waals surface area (Å²) in [5.74, 6) is -1.14. The van der Waals surface area contributed by atoms with Crippen LogP contribution in [-0.4, -0.2) is 4.98 Å². The van der Waals surface area contributed by atoms with Gasteiger partial charge in [0.15, 0.2) is 0 Å². The Balaban J connectivity index is 2.64. The summed E-state index contributed by atoms with van der Waals surface area (Å²) in [7, 11) is 0. The molecule has 0 unspecified atom stereocenters. The maximum Gasteiger partial charge on any atom is 0.135 e. The van der Waals surface area contributed by atoms with Gasteiger partial charge in [-0.05, 0) is 43.2 Å². The van der Waals surface area contributed by atoms with Crippen LogP contribution < -0.4 is 0 Å². The first-order valence-electron chi connectivity index (χ1n) is 4.96. The molecule has 0 aliphatic heterocycles. The van der Waals surface area contributed by atoms with E-state index in [0.717, 1.165) is 11.6 Å². The first kappa shape index (κ1) is 10.7. The molecule has 2 aromatic rings. The predicted molar refractivity (Wildman–Crippen MR) is 59.1 cm³/mol. The highest BCUT2D eigenvalue weighted by atomic mass is 19.1. The number of nitrogens with zero attached hydrogens (tertiary/aromatic N) is 1. The summed E-state index contributed by atoms with van der Waals surface area (Å²) in [5, 5.41) is 0. The van der Waals surface area contributed by atoms with E-state index in [0.29, 0.717) is 16.8 Å². The van der Waals surface area contributed by atoms with Gasteiger partial charge in [0, 0.05) is 17.8 Å². The number of aryl methyl sites for hydroxylation is 2. The van der Waals surface area contributed by atoms with Crippen LogP contribution in [0.25, 0.3) is 11.3 Å². The molecule has 16 heavy (non-hydrogen) atoms. The fraction of sp³-hybridized carbons (Fsp3) is 0.154. The Hall–Kier alpha value is -1.77. The third-order valence-corrected chi connectivity index (χ3v) is 2.42. The monoisotopic (exact) mass is 219 g/mol. The molecule has 0 N–H and O–H groups in total. The lowest BCUT2D eigenvalue weighted by molar-refractivity contribution is 0.583. The van der Waals surface area contributed by atoms with Gasteiger partial charge in [-0.25, -0.2) is 8.78 Å².